The number of nitrogens with zero attached hydrogens (tertiary/aromatic N) is 2. The zero-order valence-corrected chi connectivity index (χ0v) is 29.0. The van der Waals surface area contributed by atoms with Crippen LogP contribution in [-0.4, -0.2) is 37.3 Å². The molecule has 2 aromatic heterocycles. The van der Waals surface area contributed by atoms with Crippen LogP contribution in [0.3, 0.4) is 0 Å². The second kappa shape index (κ2) is 16.4. The first kappa shape index (κ1) is 35.4. The molecule has 10 heteroatoms. The zero-order chi connectivity index (χ0) is 30.5. The molecule has 0 saturated heterocycles. The van der Waals surface area contributed by atoms with Crippen molar-refractivity contribution in [2.45, 2.75) is 38.5 Å². The fourth-order valence-electron chi connectivity index (χ4n) is 5.82. The van der Waals surface area contributed by atoms with Crippen molar-refractivity contribution in [2.24, 2.45) is 0 Å². The highest BCUT2D eigenvalue weighted by atomic mass is 35.5. The van der Waals surface area contributed by atoms with Gasteiger partial charge in [-0.2, -0.15) is 0 Å². The second-order valence-corrected chi connectivity index (χ2v) is 11.9. The number of aromatic nitrogens is 2. The molecule has 0 amide bonds. The average Bonchev–Trinajstić information content (AvgIpc) is 3.03. The molecule has 0 radical (unpaired) electrons. The van der Waals surface area contributed by atoms with Gasteiger partial charge in [-0.3, -0.25) is 0 Å². The summed E-state index contributed by atoms with van der Waals surface area (Å²) in [5.41, 5.74) is 5.76. The van der Waals surface area contributed by atoms with Crippen molar-refractivity contribution in [3.63, 3.8) is 0 Å². The molecule has 4 aromatic carbocycles. The van der Waals surface area contributed by atoms with Crippen LogP contribution in [0, 0.1) is 0 Å². The molecule has 0 aliphatic heterocycles. The maximum atomic E-state index is 6.28. The van der Waals surface area contributed by atoms with Crippen molar-refractivity contribution in [1.29, 1.82) is 0 Å². The minimum absolute atomic E-state index is 0. The van der Waals surface area contributed by atoms with E-state index < -0.39 is 0 Å². The Hall–Kier alpha value is -3.42. The molecular formula is C36H38Cl4N4O2. The summed E-state index contributed by atoms with van der Waals surface area (Å²) in [4.78, 5) is 9.67. The smallest absolute Gasteiger partial charge is 0.121 e. The molecule has 0 unspecified atom stereocenters. The van der Waals surface area contributed by atoms with Crippen LogP contribution in [0.15, 0.2) is 72.8 Å². The largest absolute Gasteiger partial charge is 0.497 e. The van der Waals surface area contributed by atoms with Crippen molar-refractivity contribution >= 4 is 103 Å². The number of methoxy groups -OCH3 is 2. The topological polar surface area (TPSA) is 68.3 Å². The van der Waals surface area contributed by atoms with E-state index in [2.05, 4.69) is 22.8 Å². The predicted octanol–water partition coefficient (Wildman–Crippen LogP) is 11.1. The Bertz CT molecular complexity index is 1810. The van der Waals surface area contributed by atoms with E-state index in [-0.39, 0.29) is 24.8 Å². The zero-order valence-electron chi connectivity index (χ0n) is 25.9. The highest BCUT2D eigenvalue weighted by molar-refractivity contribution is 6.32. The standard InChI is InChI=1S/C36H36Cl2N4O2.2ClH/c1-43-25-11-15-29-33(21-25)41-31-19-23(37)9-13-27(31)35(29)39-17-7-5-3-4-6-8-18-40-36-28-14-10-24(38)20-32(28)42-34-22-26(44-2)12-16-30(34)36;;/h9-16,19-22H,3-8,17-18H2,1-2H3,(H,39,41)(H,40,42);2*1H. The van der Waals surface area contributed by atoms with Crippen LogP contribution in [0.1, 0.15) is 38.5 Å². The maximum Gasteiger partial charge on any atom is 0.121 e. The summed E-state index contributed by atoms with van der Waals surface area (Å²) in [6.07, 6.45) is 7.01. The Morgan fingerprint density at radius 1 is 0.500 bits per heavy atom. The molecular weight excluding hydrogens is 662 g/mol. The first-order valence-electron chi connectivity index (χ1n) is 15.2. The second-order valence-electron chi connectivity index (χ2n) is 11.0. The number of hydrogen-bond acceptors (Lipinski definition) is 6. The molecule has 0 bridgehead atoms. The number of anilines is 2. The van der Waals surface area contributed by atoms with Gasteiger partial charge in [-0.1, -0.05) is 48.9 Å². The molecule has 0 fully saturated rings. The molecule has 0 aliphatic carbocycles. The van der Waals surface area contributed by atoms with Gasteiger partial charge in [0.15, 0.2) is 0 Å². The van der Waals surface area contributed by atoms with Crippen molar-refractivity contribution in [1.82, 2.24) is 9.97 Å². The van der Waals surface area contributed by atoms with Gasteiger partial charge >= 0.3 is 0 Å². The Balaban J connectivity index is 0.00000240. The van der Waals surface area contributed by atoms with Crippen LogP contribution in [0.5, 0.6) is 11.5 Å². The highest BCUT2D eigenvalue weighted by Gasteiger charge is 2.12. The van der Waals surface area contributed by atoms with Crippen molar-refractivity contribution in [3.05, 3.63) is 82.8 Å². The Kier molecular flexibility index (Phi) is 12.6. The first-order valence-corrected chi connectivity index (χ1v) is 15.9. The lowest BCUT2D eigenvalue weighted by Gasteiger charge is -2.14. The lowest BCUT2D eigenvalue weighted by Crippen LogP contribution is -2.04. The fraction of sp³-hybridized carbons (Fsp3) is 0.278. The number of nitrogens with one attached hydrogen (secondary N) is 2. The number of pyridine rings is 2. The monoisotopic (exact) mass is 698 g/mol. The first-order chi connectivity index (χ1) is 21.5. The Morgan fingerprint density at radius 2 is 0.848 bits per heavy atom. The van der Waals surface area contributed by atoms with Gasteiger partial charge in [0.05, 0.1) is 47.7 Å². The van der Waals surface area contributed by atoms with Crippen molar-refractivity contribution in [3.8, 4) is 11.5 Å². The van der Waals surface area contributed by atoms with E-state index in [9.17, 15) is 0 Å². The van der Waals surface area contributed by atoms with Crippen molar-refractivity contribution in [2.75, 3.05) is 37.9 Å². The molecule has 46 heavy (non-hydrogen) atoms. The molecule has 0 atom stereocenters. The van der Waals surface area contributed by atoms with Gasteiger partial charge in [0.1, 0.15) is 11.5 Å². The average molecular weight is 701 g/mol. The van der Waals surface area contributed by atoms with Crippen LogP contribution >= 0.6 is 48.0 Å². The highest BCUT2D eigenvalue weighted by Crippen LogP contribution is 2.35. The molecule has 0 aliphatic rings. The minimum Gasteiger partial charge on any atom is -0.497 e. The number of ether oxygens (including phenoxy) is 2. The third kappa shape index (κ3) is 7.92. The van der Waals surface area contributed by atoms with Crippen LogP contribution in [0.25, 0.3) is 43.6 Å². The normalized spacial score (nSPS) is 11.0. The molecule has 2 heterocycles. The summed E-state index contributed by atoms with van der Waals surface area (Å²) in [7, 11) is 3.35. The number of unbranched alkanes of at least 4 members (excludes halogenated alkanes) is 5. The maximum absolute atomic E-state index is 6.28. The van der Waals surface area contributed by atoms with Gasteiger partial charge in [-0.05, 0) is 73.5 Å². The number of benzene rings is 4. The summed E-state index contributed by atoms with van der Waals surface area (Å²) in [5, 5.41) is 13.1. The van der Waals surface area contributed by atoms with Crippen LogP contribution in [0.4, 0.5) is 11.4 Å². The summed E-state index contributed by atoms with van der Waals surface area (Å²) >= 11 is 12.6. The van der Waals surface area contributed by atoms with E-state index in [1.807, 2.05) is 60.7 Å². The van der Waals surface area contributed by atoms with E-state index in [0.717, 1.165) is 92.4 Å². The third-order valence-electron chi connectivity index (χ3n) is 8.10. The SMILES string of the molecule is COc1ccc2c(NCCCCCCCCNc3c4ccc(Cl)cc4nc4cc(OC)ccc34)c3ccc(Cl)cc3nc2c1.Cl.Cl. The van der Waals surface area contributed by atoms with Gasteiger partial charge in [0.2, 0.25) is 0 Å². The molecule has 6 aromatic rings. The third-order valence-corrected chi connectivity index (χ3v) is 8.57. The van der Waals surface area contributed by atoms with Crippen molar-refractivity contribution < 1.29 is 9.47 Å². The lowest BCUT2D eigenvalue weighted by molar-refractivity contribution is 0.415. The lowest BCUT2D eigenvalue weighted by atomic mass is 10.1. The number of rotatable bonds is 13. The molecule has 0 saturated carbocycles. The predicted molar refractivity (Wildman–Crippen MR) is 201 cm³/mol. The molecule has 242 valence electrons. The van der Waals surface area contributed by atoms with Gasteiger partial charge in [0.25, 0.3) is 0 Å². The van der Waals surface area contributed by atoms with E-state index in [4.69, 9.17) is 42.6 Å². The summed E-state index contributed by atoms with van der Waals surface area (Å²) in [6.45, 7) is 1.81. The summed E-state index contributed by atoms with van der Waals surface area (Å²) in [5.74, 6) is 1.58. The van der Waals surface area contributed by atoms with Gasteiger partial charge in [0, 0.05) is 56.8 Å². The number of hydrogen-bond donors (Lipinski definition) is 2. The fourth-order valence-corrected chi connectivity index (χ4v) is 6.15. The Labute approximate surface area is 292 Å². The minimum atomic E-state index is 0. The molecule has 2 N–H and O–H groups in total. The molecule has 6 rings (SSSR count). The van der Waals surface area contributed by atoms with Gasteiger partial charge in [-0.15, -0.1) is 24.8 Å². The Morgan fingerprint density at radius 3 is 1.24 bits per heavy atom. The van der Waals surface area contributed by atoms with E-state index in [0.29, 0.717) is 10.0 Å². The van der Waals surface area contributed by atoms with Crippen LogP contribution in [0.2, 0.25) is 10.0 Å². The van der Waals surface area contributed by atoms with E-state index in [1.54, 1.807) is 14.2 Å². The summed E-state index contributed by atoms with van der Waals surface area (Å²) in [6, 6.07) is 23.9. The van der Waals surface area contributed by atoms with Gasteiger partial charge < -0.3 is 20.1 Å². The van der Waals surface area contributed by atoms with Crippen LogP contribution in [-0.2, 0) is 0 Å². The van der Waals surface area contributed by atoms with E-state index >= 15 is 0 Å². The molecule has 0 spiro atoms. The number of halogens is 4. The van der Waals surface area contributed by atoms with Gasteiger partial charge in [-0.25, -0.2) is 9.97 Å². The molecule has 6 nitrogen and oxygen atoms in total. The van der Waals surface area contributed by atoms with E-state index in [1.165, 1.54) is 25.7 Å². The quantitative estimate of drug-likeness (QED) is 0.0923. The van der Waals surface area contributed by atoms with Crippen LogP contribution < -0.4 is 20.1 Å². The number of fused-ring (bicyclic) bond motifs is 4. The summed E-state index contributed by atoms with van der Waals surface area (Å²) < 4.78 is 10.9.